The van der Waals surface area contributed by atoms with Crippen molar-refractivity contribution in [2.45, 2.75) is 6.10 Å². The summed E-state index contributed by atoms with van der Waals surface area (Å²) in [6, 6.07) is 0. The van der Waals surface area contributed by atoms with Crippen LogP contribution < -0.4 is 0 Å². The first-order chi connectivity index (χ1) is 3.55. The maximum absolute atomic E-state index is 10.8. The Bertz CT molecular complexity index is 56.3. The molecule has 0 bridgehead atoms. The zero-order valence-corrected chi connectivity index (χ0v) is 3.54. The Morgan fingerprint density at radius 3 is 1.25 bits per heavy atom. The van der Waals surface area contributed by atoms with E-state index >= 15 is 0 Å². The summed E-state index contributed by atoms with van der Waals surface area (Å²) in [5.41, 5.74) is 0. The van der Waals surface area contributed by atoms with Crippen LogP contribution >= 0.6 is 0 Å². The van der Waals surface area contributed by atoms with Gasteiger partial charge in [0.05, 0.1) is 0 Å². The lowest BCUT2D eigenvalue weighted by Crippen LogP contribution is -2.14. The first kappa shape index (κ1) is 7.68. The fourth-order valence-corrected chi connectivity index (χ4v) is 0.0825. The molecule has 8 heavy (non-hydrogen) atoms. The van der Waals surface area contributed by atoms with E-state index in [-0.39, 0.29) is 0 Å². The quantitative estimate of drug-likeness (QED) is 0.440. The third kappa shape index (κ3) is 2.11. The van der Waals surface area contributed by atoms with Gasteiger partial charge in [-0.1, -0.05) is 6.10 Å². The summed E-state index contributed by atoms with van der Waals surface area (Å²) in [6.45, 7) is 0. The SMILES string of the molecule is OC([C-](F)F)[C-](F)F. The van der Waals surface area contributed by atoms with Crippen LogP contribution in [0.1, 0.15) is 0 Å². The lowest BCUT2D eigenvalue weighted by molar-refractivity contribution is 0.0251. The van der Waals surface area contributed by atoms with Gasteiger partial charge < -0.3 is 22.7 Å². The zero-order valence-electron chi connectivity index (χ0n) is 3.54. The normalized spacial score (nSPS) is 12.0. The molecule has 5 heteroatoms. The summed E-state index contributed by atoms with van der Waals surface area (Å²) in [5, 5.41) is 7.63. The van der Waals surface area contributed by atoms with Gasteiger partial charge in [0.15, 0.2) is 0 Å². The largest absolute Gasteiger partial charge is 0.446 e. The third-order valence-electron chi connectivity index (χ3n) is 0.413. The molecule has 0 heterocycles. The van der Waals surface area contributed by atoms with Crippen molar-refractivity contribution in [2.24, 2.45) is 0 Å². The first-order valence-corrected chi connectivity index (χ1v) is 1.59. The van der Waals surface area contributed by atoms with Crippen LogP contribution in [-0.2, 0) is 0 Å². The van der Waals surface area contributed by atoms with Crippen molar-refractivity contribution in [1.82, 2.24) is 0 Å². The van der Waals surface area contributed by atoms with Crippen LogP contribution in [-0.4, -0.2) is 11.2 Å². The van der Waals surface area contributed by atoms with Gasteiger partial charge in [0.2, 0.25) is 0 Å². The van der Waals surface area contributed by atoms with Crippen molar-refractivity contribution in [3.05, 3.63) is 12.9 Å². The second-order valence-electron chi connectivity index (χ2n) is 0.982. The molecular weight excluding hydrogens is 128 g/mol. The molecule has 0 atom stereocenters. The highest BCUT2D eigenvalue weighted by Crippen LogP contribution is 2.21. The first-order valence-electron chi connectivity index (χ1n) is 1.59. The molecule has 0 fully saturated rings. The molecule has 0 aliphatic carbocycles. The van der Waals surface area contributed by atoms with Crippen LogP contribution in [0.2, 0.25) is 0 Å². The monoisotopic (exact) mass is 130 g/mol. The fourth-order valence-electron chi connectivity index (χ4n) is 0.0825. The predicted octanol–water partition coefficient (Wildman–Crippen LogP) is 1.20. The van der Waals surface area contributed by atoms with E-state index in [2.05, 4.69) is 0 Å². The smallest absolute Gasteiger partial charge is 0.00395 e. The molecule has 1 N–H and O–H groups in total. The zero-order chi connectivity index (χ0) is 6.73. The number of halogens is 4. The van der Waals surface area contributed by atoms with E-state index in [0.717, 1.165) is 0 Å². The van der Waals surface area contributed by atoms with E-state index in [9.17, 15) is 17.6 Å². The highest BCUT2D eigenvalue weighted by atomic mass is 19.3. The Kier molecular flexibility index (Phi) is 2.75. The molecule has 0 aliphatic heterocycles. The highest BCUT2D eigenvalue weighted by Gasteiger charge is 2.02. The standard InChI is InChI=1S/C3H2F4O/c4-2(5)1(8)3(6)7/h1,8H/q-2. The van der Waals surface area contributed by atoms with Crippen LogP contribution in [0.25, 0.3) is 0 Å². The van der Waals surface area contributed by atoms with Gasteiger partial charge in [-0.15, -0.1) is 0 Å². The Morgan fingerprint density at radius 2 is 1.25 bits per heavy atom. The molecule has 0 aromatic carbocycles. The molecule has 0 aromatic heterocycles. The summed E-state index contributed by atoms with van der Waals surface area (Å²) >= 11 is 0. The molecule has 0 saturated carbocycles. The Hall–Kier alpha value is -0.320. The van der Waals surface area contributed by atoms with Gasteiger partial charge in [-0.05, 0) is 0 Å². The minimum Gasteiger partial charge on any atom is -0.446 e. The van der Waals surface area contributed by atoms with Crippen LogP contribution in [0.15, 0.2) is 0 Å². The number of rotatable bonds is 2. The van der Waals surface area contributed by atoms with Gasteiger partial charge >= 0.3 is 0 Å². The van der Waals surface area contributed by atoms with E-state index in [4.69, 9.17) is 5.11 Å². The average molecular weight is 130 g/mol. The number of aliphatic hydroxyl groups is 1. The van der Waals surface area contributed by atoms with Crippen LogP contribution in [0, 0.1) is 12.9 Å². The topological polar surface area (TPSA) is 20.2 Å². The van der Waals surface area contributed by atoms with Gasteiger partial charge in [0, 0.05) is 12.9 Å². The Labute approximate surface area is 42.9 Å². The van der Waals surface area contributed by atoms with Gasteiger partial charge in [-0.25, -0.2) is 0 Å². The van der Waals surface area contributed by atoms with Crippen molar-refractivity contribution in [2.75, 3.05) is 0 Å². The Morgan fingerprint density at radius 1 is 1.00 bits per heavy atom. The molecule has 0 spiro atoms. The fraction of sp³-hybridized carbons (Fsp3) is 0.333. The lowest BCUT2D eigenvalue weighted by Gasteiger charge is -2.28. The third-order valence-corrected chi connectivity index (χ3v) is 0.413. The van der Waals surface area contributed by atoms with E-state index in [0.29, 0.717) is 0 Å². The van der Waals surface area contributed by atoms with E-state index in [1.54, 1.807) is 0 Å². The van der Waals surface area contributed by atoms with Crippen molar-refractivity contribution in [3.63, 3.8) is 0 Å². The average Bonchev–Trinajstić information content (AvgIpc) is 1.64. The van der Waals surface area contributed by atoms with Gasteiger partial charge in [0.25, 0.3) is 0 Å². The van der Waals surface area contributed by atoms with Crippen molar-refractivity contribution >= 4 is 0 Å². The summed E-state index contributed by atoms with van der Waals surface area (Å²) in [5.74, 6) is 0. The Balaban J connectivity index is 3.46. The van der Waals surface area contributed by atoms with Crippen molar-refractivity contribution in [3.8, 4) is 0 Å². The number of hydrogen-bond donors (Lipinski definition) is 1. The second kappa shape index (κ2) is 2.86. The van der Waals surface area contributed by atoms with E-state index in [1.807, 2.05) is 0 Å². The van der Waals surface area contributed by atoms with Crippen LogP contribution in [0.5, 0.6) is 0 Å². The molecular formula is C3H2F4O-2. The summed E-state index contributed by atoms with van der Waals surface area (Å²) < 4.78 is 43.4. The molecule has 0 amide bonds. The lowest BCUT2D eigenvalue weighted by atomic mass is 10.4. The van der Waals surface area contributed by atoms with Gasteiger partial charge in [0.1, 0.15) is 0 Å². The summed E-state index contributed by atoms with van der Waals surface area (Å²) in [4.78, 5) is 0. The molecule has 0 saturated heterocycles. The minimum absolute atomic E-state index is 2.69. The van der Waals surface area contributed by atoms with Gasteiger partial charge in [-0.2, -0.15) is 0 Å². The number of hydrogen-bond acceptors (Lipinski definition) is 1. The maximum atomic E-state index is 10.8. The maximum Gasteiger partial charge on any atom is 0.00395 e. The van der Waals surface area contributed by atoms with Crippen molar-refractivity contribution in [1.29, 1.82) is 0 Å². The minimum atomic E-state index is -2.96. The van der Waals surface area contributed by atoms with Gasteiger partial charge in [-0.3, -0.25) is 0 Å². The molecule has 0 radical (unpaired) electrons. The second-order valence-corrected chi connectivity index (χ2v) is 0.982. The predicted molar refractivity (Wildman–Crippen MR) is 16.9 cm³/mol. The number of aliphatic hydroxyl groups excluding tert-OH is 1. The van der Waals surface area contributed by atoms with Crippen molar-refractivity contribution < 1.29 is 22.7 Å². The highest BCUT2D eigenvalue weighted by molar-refractivity contribution is 4.85. The molecule has 50 valence electrons. The van der Waals surface area contributed by atoms with E-state index < -0.39 is 19.0 Å². The molecule has 1 nitrogen and oxygen atoms in total. The summed E-state index contributed by atoms with van der Waals surface area (Å²) in [7, 11) is 0. The molecule has 0 unspecified atom stereocenters. The molecule has 0 aromatic rings. The van der Waals surface area contributed by atoms with Crippen LogP contribution in [0.3, 0.4) is 0 Å². The van der Waals surface area contributed by atoms with Crippen LogP contribution in [0.4, 0.5) is 17.6 Å². The van der Waals surface area contributed by atoms with E-state index in [1.165, 1.54) is 0 Å². The molecule has 0 aliphatic rings. The summed E-state index contributed by atoms with van der Waals surface area (Å²) in [6.07, 6.45) is -8.34. The molecule has 0 rings (SSSR count).